The van der Waals surface area contributed by atoms with Crippen LogP contribution in [-0.2, 0) is 15.2 Å². The first-order valence-corrected chi connectivity index (χ1v) is 6.54. The Morgan fingerprint density at radius 3 is 2.20 bits per heavy atom. The molecule has 1 aliphatic rings. The molecule has 0 aromatic heterocycles. The van der Waals surface area contributed by atoms with Crippen molar-refractivity contribution < 1.29 is 23.2 Å². The quantitative estimate of drug-likeness (QED) is 0.864. The van der Waals surface area contributed by atoms with Gasteiger partial charge in [-0.15, -0.1) is 0 Å². The third-order valence-corrected chi connectivity index (χ3v) is 4.03. The van der Waals surface area contributed by atoms with E-state index in [1.165, 1.54) is 18.2 Å². The van der Waals surface area contributed by atoms with E-state index in [0.717, 1.165) is 0 Å². The molecule has 2 rings (SSSR count). The fraction of sp³-hybridized carbons (Fsp3) is 0.571. The van der Waals surface area contributed by atoms with Crippen molar-refractivity contribution in [1.82, 2.24) is 0 Å². The van der Waals surface area contributed by atoms with Crippen molar-refractivity contribution in [2.24, 2.45) is 0 Å². The van der Waals surface area contributed by atoms with E-state index in [2.05, 4.69) is 0 Å². The first-order chi connectivity index (χ1) is 9.09. The van der Waals surface area contributed by atoms with Crippen molar-refractivity contribution in [1.29, 1.82) is 0 Å². The summed E-state index contributed by atoms with van der Waals surface area (Å²) in [6.07, 6.45) is 0. The fourth-order valence-corrected chi connectivity index (χ4v) is 1.98. The van der Waals surface area contributed by atoms with Gasteiger partial charge >= 0.3 is 7.12 Å². The summed E-state index contributed by atoms with van der Waals surface area (Å²) in [5.74, 6) is -3.26. The smallest absolute Gasteiger partial charge is 0.399 e. The number of hydrogen-bond acceptors (Lipinski definition) is 3. The van der Waals surface area contributed by atoms with Crippen molar-refractivity contribution in [3.05, 3.63) is 29.8 Å². The summed E-state index contributed by atoms with van der Waals surface area (Å²) >= 11 is 0. The predicted molar refractivity (Wildman–Crippen MR) is 73.1 cm³/mol. The van der Waals surface area contributed by atoms with Crippen molar-refractivity contribution in [2.75, 3.05) is 6.61 Å². The van der Waals surface area contributed by atoms with E-state index in [1.54, 1.807) is 6.07 Å². The highest BCUT2D eigenvalue weighted by Crippen LogP contribution is 2.36. The van der Waals surface area contributed by atoms with Gasteiger partial charge in [-0.2, -0.15) is 8.78 Å². The summed E-state index contributed by atoms with van der Waals surface area (Å²) in [6, 6.07) is 5.79. The molecule has 20 heavy (non-hydrogen) atoms. The highest BCUT2D eigenvalue weighted by molar-refractivity contribution is 6.62. The molecule has 0 amide bonds. The van der Waals surface area contributed by atoms with Crippen molar-refractivity contribution in [3.63, 3.8) is 0 Å². The summed E-state index contributed by atoms with van der Waals surface area (Å²) in [7, 11) is -0.686. The lowest BCUT2D eigenvalue weighted by Crippen LogP contribution is -2.41. The monoisotopic (exact) mass is 284 g/mol. The summed E-state index contributed by atoms with van der Waals surface area (Å²) in [5, 5.41) is 8.76. The zero-order chi connectivity index (χ0) is 15.2. The summed E-state index contributed by atoms with van der Waals surface area (Å²) in [6.45, 7) is 6.39. The average Bonchev–Trinajstić information content (AvgIpc) is 2.59. The Morgan fingerprint density at radius 2 is 1.70 bits per heavy atom. The van der Waals surface area contributed by atoms with E-state index >= 15 is 0 Å². The Hall–Kier alpha value is -0.975. The van der Waals surface area contributed by atoms with Crippen LogP contribution in [0.3, 0.4) is 0 Å². The van der Waals surface area contributed by atoms with Gasteiger partial charge in [0.05, 0.1) is 11.2 Å². The van der Waals surface area contributed by atoms with Crippen LogP contribution in [0.15, 0.2) is 24.3 Å². The number of aliphatic hydroxyl groups excluding tert-OH is 1. The highest BCUT2D eigenvalue weighted by Gasteiger charge is 2.51. The van der Waals surface area contributed by atoms with Crippen LogP contribution in [0, 0.1) is 0 Å². The topological polar surface area (TPSA) is 38.7 Å². The number of rotatable bonds is 3. The summed E-state index contributed by atoms with van der Waals surface area (Å²) in [5.41, 5.74) is -0.762. The van der Waals surface area contributed by atoms with Crippen LogP contribution < -0.4 is 5.46 Å². The third-order valence-electron chi connectivity index (χ3n) is 4.03. The normalized spacial score (nSPS) is 21.2. The number of aliphatic hydroxyl groups is 1. The molecule has 110 valence electrons. The Balaban J connectivity index is 2.30. The molecule has 1 heterocycles. The molecule has 0 atom stereocenters. The summed E-state index contributed by atoms with van der Waals surface area (Å²) in [4.78, 5) is 0. The van der Waals surface area contributed by atoms with Crippen LogP contribution in [0.2, 0.25) is 0 Å². The van der Waals surface area contributed by atoms with Gasteiger partial charge in [0.1, 0.15) is 6.61 Å². The maximum absolute atomic E-state index is 13.5. The number of hydrogen-bond donors (Lipinski definition) is 1. The minimum Gasteiger partial charge on any atom is -0.399 e. The first-order valence-electron chi connectivity index (χ1n) is 6.54. The average molecular weight is 284 g/mol. The molecule has 0 aliphatic carbocycles. The van der Waals surface area contributed by atoms with Gasteiger partial charge in [0.25, 0.3) is 5.92 Å². The zero-order valence-electron chi connectivity index (χ0n) is 12.1. The van der Waals surface area contributed by atoms with Gasteiger partial charge in [-0.1, -0.05) is 24.3 Å². The molecule has 1 aromatic carbocycles. The molecule has 1 saturated heterocycles. The Morgan fingerprint density at radius 1 is 1.15 bits per heavy atom. The van der Waals surface area contributed by atoms with Gasteiger partial charge in [-0.25, -0.2) is 0 Å². The number of alkyl halides is 2. The molecule has 0 saturated carbocycles. The highest BCUT2D eigenvalue weighted by atomic mass is 19.3. The molecular formula is C14H19BF2O3. The largest absolute Gasteiger partial charge is 0.494 e. The van der Waals surface area contributed by atoms with Crippen LogP contribution in [0.25, 0.3) is 0 Å². The van der Waals surface area contributed by atoms with Crippen LogP contribution >= 0.6 is 0 Å². The second kappa shape index (κ2) is 4.79. The molecule has 0 unspecified atom stereocenters. The minimum atomic E-state index is -3.26. The van der Waals surface area contributed by atoms with Crippen molar-refractivity contribution >= 4 is 12.6 Å². The molecule has 1 fully saturated rings. The first kappa shape index (κ1) is 15.4. The van der Waals surface area contributed by atoms with E-state index in [-0.39, 0.29) is 5.56 Å². The molecular weight excluding hydrogens is 265 g/mol. The number of benzene rings is 1. The standard InChI is InChI=1S/C14H19BF2O3/c1-12(2)13(3,4)20-15(19-12)11-7-5-6-10(8-11)14(16,17)9-18/h5-8,18H,9H2,1-4H3. The van der Waals surface area contributed by atoms with E-state index in [1.807, 2.05) is 27.7 Å². The molecule has 1 aromatic rings. The summed E-state index contributed by atoms with van der Waals surface area (Å²) < 4.78 is 38.7. The lowest BCUT2D eigenvalue weighted by molar-refractivity contribution is -0.0555. The predicted octanol–water partition coefficient (Wildman–Crippen LogP) is 2.07. The van der Waals surface area contributed by atoms with Crippen LogP contribution in [0.1, 0.15) is 33.3 Å². The molecule has 0 radical (unpaired) electrons. The van der Waals surface area contributed by atoms with Crippen LogP contribution in [0.4, 0.5) is 8.78 Å². The van der Waals surface area contributed by atoms with Gasteiger partial charge in [-0.3, -0.25) is 0 Å². The van der Waals surface area contributed by atoms with E-state index in [9.17, 15) is 8.78 Å². The van der Waals surface area contributed by atoms with E-state index in [4.69, 9.17) is 14.4 Å². The second-order valence-electron chi connectivity index (χ2n) is 6.08. The van der Waals surface area contributed by atoms with Crippen molar-refractivity contribution in [3.8, 4) is 0 Å². The SMILES string of the molecule is CC1(C)OB(c2cccc(C(F)(F)CO)c2)OC1(C)C. The van der Waals surface area contributed by atoms with Crippen LogP contribution in [-0.4, -0.2) is 30.0 Å². The maximum atomic E-state index is 13.5. The second-order valence-corrected chi connectivity index (χ2v) is 6.08. The third kappa shape index (κ3) is 2.60. The van der Waals surface area contributed by atoms with Gasteiger partial charge < -0.3 is 14.4 Å². The molecule has 0 spiro atoms. The van der Waals surface area contributed by atoms with Gasteiger partial charge in [0, 0.05) is 5.56 Å². The van der Waals surface area contributed by atoms with Crippen LogP contribution in [0.5, 0.6) is 0 Å². The Kier molecular flexibility index (Phi) is 3.69. The van der Waals surface area contributed by atoms with Gasteiger partial charge in [0.15, 0.2) is 0 Å². The molecule has 6 heteroatoms. The lowest BCUT2D eigenvalue weighted by Gasteiger charge is -2.32. The maximum Gasteiger partial charge on any atom is 0.494 e. The zero-order valence-corrected chi connectivity index (χ0v) is 12.1. The molecule has 1 aliphatic heterocycles. The molecule has 1 N–H and O–H groups in total. The molecule has 0 bridgehead atoms. The Labute approximate surface area is 118 Å². The fourth-order valence-electron chi connectivity index (χ4n) is 1.98. The lowest BCUT2D eigenvalue weighted by atomic mass is 9.78. The van der Waals surface area contributed by atoms with Gasteiger partial charge in [0.2, 0.25) is 0 Å². The molecule has 3 nitrogen and oxygen atoms in total. The van der Waals surface area contributed by atoms with Crippen molar-refractivity contribution in [2.45, 2.75) is 44.8 Å². The van der Waals surface area contributed by atoms with E-state index < -0.39 is 30.8 Å². The Bertz CT molecular complexity index is 487. The number of halogens is 2. The minimum absolute atomic E-state index is 0.243. The van der Waals surface area contributed by atoms with E-state index in [0.29, 0.717) is 5.46 Å². The van der Waals surface area contributed by atoms with Gasteiger partial charge in [-0.05, 0) is 33.2 Å².